The average molecular weight is 448 g/mol. The highest BCUT2D eigenvalue weighted by Gasteiger charge is 2.34. The summed E-state index contributed by atoms with van der Waals surface area (Å²) >= 11 is 1.44. The fraction of sp³-hybridized carbons (Fsp3) is 0.333. The Hall–Kier alpha value is -2.52. The fourth-order valence-corrected chi connectivity index (χ4v) is 6.23. The number of benzene rings is 1. The van der Waals surface area contributed by atoms with E-state index in [0.717, 1.165) is 10.4 Å². The Labute approximate surface area is 179 Å². The van der Waals surface area contributed by atoms with Crippen LogP contribution in [0.1, 0.15) is 34.1 Å². The van der Waals surface area contributed by atoms with Crippen LogP contribution in [0.5, 0.6) is 0 Å². The molecule has 1 saturated heterocycles. The molecule has 3 heterocycles. The lowest BCUT2D eigenvalue weighted by atomic mass is 10.1. The van der Waals surface area contributed by atoms with E-state index in [1.807, 2.05) is 28.2 Å². The minimum absolute atomic E-state index is 0.0181. The van der Waals surface area contributed by atoms with Gasteiger partial charge in [-0.25, -0.2) is 4.39 Å². The molecule has 0 N–H and O–H groups in total. The molecule has 30 heavy (non-hydrogen) atoms. The Balaban J connectivity index is 1.56. The number of thiophene rings is 1. The molecule has 0 saturated carbocycles. The van der Waals surface area contributed by atoms with E-state index in [4.69, 9.17) is 0 Å². The third kappa shape index (κ3) is 3.79. The first-order chi connectivity index (χ1) is 14.3. The summed E-state index contributed by atoms with van der Waals surface area (Å²) in [6.07, 6.45) is 0.717. The largest absolute Gasteiger partial charge is 0.354 e. The smallest absolute Gasteiger partial charge is 0.285 e. The van der Waals surface area contributed by atoms with Crippen molar-refractivity contribution in [3.8, 4) is 0 Å². The first-order valence-corrected chi connectivity index (χ1v) is 12.0. The highest BCUT2D eigenvalue weighted by atomic mass is 32.2. The molecule has 1 aromatic carbocycles. The van der Waals surface area contributed by atoms with E-state index < -0.39 is 15.8 Å². The molecule has 9 heteroatoms. The standard InChI is InChI=1S/C21H22FN3O3S2/c1-14-8-13-29-18(14)21(26)25-10-3-9-24(11-12-25)20-15(2)19(30(27,28)23-20)16-4-6-17(22)7-5-16/h4-8,13H,3,9-12H2,1-2H3. The van der Waals surface area contributed by atoms with E-state index in [1.54, 1.807) is 6.92 Å². The van der Waals surface area contributed by atoms with Crippen LogP contribution >= 0.6 is 11.3 Å². The molecule has 1 amide bonds. The van der Waals surface area contributed by atoms with Gasteiger partial charge in [0.1, 0.15) is 16.6 Å². The highest BCUT2D eigenvalue weighted by Crippen LogP contribution is 2.34. The van der Waals surface area contributed by atoms with Crippen molar-refractivity contribution in [2.45, 2.75) is 20.3 Å². The fourth-order valence-electron chi connectivity index (χ4n) is 3.85. The maximum absolute atomic E-state index is 13.3. The van der Waals surface area contributed by atoms with Gasteiger partial charge in [-0.15, -0.1) is 15.7 Å². The number of aryl methyl sites for hydroxylation is 1. The monoisotopic (exact) mass is 447 g/mol. The summed E-state index contributed by atoms with van der Waals surface area (Å²) < 4.78 is 42.8. The van der Waals surface area contributed by atoms with Crippen LogP contribution in [0, 0.1) is 12.7 Å². The molecule has 2 aliphatic heterocycles. The van der Waals surface area contributed by atoms with Gasteiger partial charge in [0.25, 0.3) is 15.9 Å². The Morgan fingerprint density at radius 3 is 2.47 bits per heavy atom. The van der Waals surface area contributed by atoms with E-state index in [-0.39, 0.29) is 10.8 Å². The summed E-state index contributed by atoms with van der Waals surface area (Å²) in [5, 5.41) is 1.91. The van der Waals surface area contributed by atoms with Crippen molar-refractivity contribution in [2.75, 3.05) is 26.2 Å². The Morgan fingerprint density at radius 2 is 1.80 bits per heavy atom. The zero-order valence-electron chi connectivity index (χ0n) is 16.8. The number of rotatable bonds is 2. The van der Waals surface area contributed by atoms with Gasteiger partial charge in [-0.3, -0.25) is 4.79 Å². The maximum atomic E-state index is 13.3. The van der Waals surface area contributed by atoms with Gasteiger partial charge >= 0.3 is 0 Å². The lowest BCUT2D eigenvalue weighted by molar-refractivity contribution is 0.0768. The van der Waals surface area contributed by atoms with E-state index in [2.05, 4.69) is 4.40 Å². The van der Waals surface area contributed by atoms with Gasteiger partial charge in [0.05, 0.1) is 4.88 Å². The van der Waals surface area contributed by atoms with Gasteiger partial charge in [0.2, 0.25) is 0 Å². The Kier molecular flexibility index (Phi) is 5.50. The molecule has 158 valence electrons. The van der Waals surface area contributed by atoms with E-state index in [1.165, 1.54) is 35.6 Å². The molecule has 2 aromatic rings. The number of amidine groups is 1. The third-order valence-corrected chi connectivity index (χ3v) is 7.86. The molecular weight excluding hydrogens is 425 g/mol. The molecule has 6 nitrogen and oxygen atoms in total. The second-order valence-electron chi connectivity index (χ2n) is 7.42. The summed E-state index contributed by atoms with van der Waals surface area (Å²) in [5.74, 6) is 0.00678. The predicted octanol–water partition coefficient (Wildman–Crippen LogP) is 3.52. The summed E-state index contributed by atoms with van der Waals surface area (Å²) in [4.78, 5) is 17.5. The van der Waals surface area contributed by atoms with E-state index in [9.17, 15) is 17.6 Å². The molecule has 0 spiro atoms. The van der Waals surface area contributed by atoms with Gasteiger partial charge in [0.15, 0.2) is 0 Å². The molecular formula is C21H22FN3O3S2. The number of hydrogen-bond donors (Lipinski definition) is 0. The molecule has 0 radical (unpaired) electrons. The van der Waals surface area contributed by atoms with Crippen molar-refractivity contribution in [1.29, 1.82) is 0 Å². The topological polar surface area (TPSA) is 70.1 Å². The molecule has 0 bridgehead atoms. The number of hydrogen-bond acceptors (Lipinski definition) is 5. The van der Waals surface area contributed by atoms with Crippen molar-refractivity contribution in [1.82, 2.24) is 9.80 Å². The van der Waals surface area contributed by atoms with Crippen molar-refractivity contribution in [2.24, 2.45) is 4.40 Å². The van der Waals surface area contributed by atoms with Gasteiger partial charge in [-0.1, -0.05) is 12.1 Å². The van der Waals surface area contributed by atoms with Crippen molar-refractivity contribution < 1.29 is 17.6 Å². The van der Waals surface area contributed by atoms with Crippen LogP contribution in [0.3, 0.4) is 0 Å². The summed E-state index contributed by atoms with van der Waals surface area (Å²) in [5.41, 5.74) is 1.95. The highest BCUT2D eigenvalue weighted by molar-refractivity contribution is 8.00. The van der Waals surface area contributed by atoms with Crippen molar-refractivity contribution >= 4 is 38.0 Å². The molecule has 0 atom stereocenters. The van der Waals surface area contributed by atoms with Crippen molar-refractivity contribution in [3.05, 3.63) is 63.1 Å². The number of sulfonamides is 1. The number of carbonyl (C=O) groups excluding carboxylic acids is 1. The number of nitrogens with zero attached hydrogens (tertiary/aromatic N) is 3. The van der Waals surface area contributed by atoms with E-state index in [0.29, 0.717) is 49.6 Å². The molecule has 0 aliphatic carbocycles. The van der Waals surface area contributed by atoms with Gasteiger partial charge in [-0.05, 0) is 55.0 Å². The first kappa shape index (κ1) is 20.7. The normalized spacial score (nSPS) is 19.1. The zero-order chi connectivity index (χ0) is 21.5. The van der Waals surface area contributed by atoms with E-state index >= 15 is 0 Å². The average Bonchev–Trinajstić information content (AvgIpc) is 3.11. The first-order valence-electron chi connectivity index (χ1n) is 9.68. The summed E-state index contributed by atoms with van der Waals surface area (Å²) in [7, 11) is -3.86. The van der Waals surface area contributed by atoms with Gasteiger partial charge in [0, 0.05) is 31.8 Å². The van der Waals surface area contributed by atoms with Crippen LogP contribution in [0.15, 0.2) is 45.7 Å². The summed E-state index contributed by atoms with van der Waals surface area (Å²) in [6, 6.07) is 7.33. The minimum Gasteiger partial charge on any atom is -0.354 e. The van der Waals surface area contributed by atoms with Crippen LogP contribution in [-0.2, 0) is 10.0 Å². The number of halogens is 1. The minimum atomic E-state index is -3.86. The van der Waals surface area contributed by atoms with Crippen LogP contribution in [0.2, 0.25) is 0 Å². The second-order valence-corrected chi connectivity index (χ2v) is 9.87. The quantitative estimate of drug-likeness (QED) is 0.706. The molecule has 0 unspecified atom stereocenters. The Morgan fingerprint density at radius 1 is 1.07 bits per heavy atom. The van der Waals surface area contributed by atoms with Crippen LogP contribution < -0.4 is 0 Å². The second kappa shape index (κ2) is 7.96. The number of carbonyl (C=O) groups is 1. The third-order valence-electron chi connectivity index (χ3n) is 5.39. The lowest BCUT2D eigenvalue weighted by Gasteiger charge is -2.23. The lowest BCUT2D eigenvalue weighted by Crippen LogP contribution is -2.37. The summed E-state index contributed by atoms with van der Waals surface area (Å²) in [6.45, 7) is 5.87. The molecule has 4 rings (SSSR count). The predicted molar refractivity (Wildman–Crippen MR) is 116 cm³/mol. The van der Waals surface area contributed by atoms with Gasteiger partial charge in [-0.2, -0.15) is 8.42 Å². The maximum Gasteiger partial charge on any atom is 0.285 e. The number of amides is 1. The SMILES string of the molecule is CC1=C(c2ccc(F)cc2)S(=O)(=O)N=C1N1CCCN(C(=O)c2sccc2C)CC1. The van der Waals surface area contributed by atoms with Crippen LogP contribution in [-0.4, -0.2) is 56.1 Å². The zero-order valence-corrected chi connectivity index (χ0v) is 18.4. The van der Waals surface area contributed by atoms with Crippen molar-refractivity contribution in [3.63, 3.8) is 0 Å². The van der Waals surface area contributed by atoms with Crippen LogP contribution in [0.25, 0.3) is 4.91 Å². The molecule has 1 aromatic heterocycles. The van der Waals surface area contributed by atoms with Gasteiger partial charge < -0.3 is 9.80 Å². The van der Waals surface area contributed by atoms with Crippen LogP contribution in [0.4, 0.5) is 4.39 Å². The molecule has 2 aliphatic rings. The Bertz CT molecular complexity index is 1150. The molecule has 1 fully saturated rings.